The molecule has 7 nitrogen and oxygen atoms in total. The number of guanidine groups is 1. The maximum atomic E-state index is 12.8. The highest BCUT2D eigenvalue weighted by molar-refractivity contribution is 6.06. The molecule has 2 bridgehead atoms. The van der Waals surface area contributed by atoms with Gasteiger partial charge < -0.3 is 15.4 Å². The van der Waals surface area contributed by atoms with Crippen LogP contribution in [-0.2, 0) is 9.59 Å². The molecule has 2 aliphatic carbocycles. The number of likely N-dealkylation sites (tertiary alicyclic amines) is 1. The number of benzene rings is 2. The van der Waals surface area contributed by atoms with Crippen LogP contribution >= 0.6 is 0 Å². The highest BCUT2D eigenvalue weighted by Crippen LogP contribution is 2.52. The molecule has 0 radical (unpaired) electrons. The Labute approximate surface area is 187 Å². The van der Waals surface area contributed by atoms with Crippen molar-refractivity contribution in [2.45, 2.75) is 6.42 Å². The maximum Gasteiger partial charge on any atom is 0.233 e. The number of hydrogen-bond donors (Lipinski definition) is 2. The zero-order valence-corrected chi connectivity index (χ0v) is 18.2. The van der Waals surface area contributed by atoms with Gasteiger partial charge in [-0.1, -0.05) is 48.6 Å². The van der Waals surface area contributed by atoms with Gasteiger partial charge in [-0.15, -0.1) is 0 Å². The average Bonchev–Trinajstić information content (AvgIpc) is 3.50. The summed E-state index contributed by atoms with van der Waals surface area (Å²) in [5.41, 5.74) is 0. The summed E-state index contributed by atoms with van der Waals surface area (Å²) in [5.74, 6) is 1.67. The summed E-state index contributed by atoms with van der Waals surface area (Å²) in [5, 5.41) is 8.64. The number of ether oxygens (including phenoxy) is 1. The fourth-order valence-corrected chi connectivity index (χ4v) is 5.34. The first kappa shape index (κ1) is 20.5. The zero-order chi connectivity index (χ0) is 22.1. The van der Waals surface area contributed by atoms with E-state index in [1.807, 2.05) is 24.3 Å². The van der Waals surface area contributed by atoms with Crippen molar-refractivity contribution in [2.24, 2.45) is 28.7 Å². The lowest BCUT2D eigenvalue weighted by Gasteiger charge is -2.18. The van der Waals surface area contributed by atoms with Crippen LogP contribution in [0.25, 0.3) is 10.8 Å². The van der Waals surface area contributed by atoms with Crippen LogP contribution in [0.15, 0.2) is 59.6 Å². The predicted octanol–water partition coefficient (Wildman–Crippen LogP) is 2.19. The Hall–Kier alpha value is -3.35. The van der Waals surface area contributed by atoms with Gasteiger partial charge in [-0.25, -0.2) is 0 Å². The Morgan fingerprint density at radius 1 is 1.00 bits per heavy atom. The number of amides is 2. The number of carbonyl (C=O) groups is 2. The van der Waals surface area contributed by atoms with Gasteiger partial charge in [-0.3, -0.25) is 19.5 Å². The smallest absolute Gasteiger partial charge is 0.233 e. The van der Waals surface area contributed by atoms with Gasteiger partial charge in [0, 0.05) is 25.5 Å². The SMILES string of the molecule is CN=C(NCCOc1cccc2ccccc12)NCCN1C(=O)C2C3C=CC(C3)C2C1=O. The molecule has 32 heavy (non-hydrogen) atoms. The van der Waals surface area contributed by atoms with Crippen molar-refractivity contribution in [1.29, 1.82) is 0 Å². The number of nitrogens with zero attached hydrogens (tertiary/aromatic N) is 2. The van der Waals surface area contributed by atoms with E-state index in [0.29, 0.717) is 32.2 Å². The van der Waals surface area contributed by atoms with Crippen LogP contribution in [-0.4, -0.2) is 56.0 Å². The highest BCUT2D eigenvalue weighted by Gasteiger charge is 2.58. The molecule has 3 aliphatic rings. The molecule has 1 aliphatic heterocycles. The van der Waals surface area contributed by atoms with Crippen LogP contribution in [0.4, 0.5) is 0 Å². The van der Waals surface area contributed by atoms with Gasteiger partial charge in [0.1, 0.15) is 12.4 Å². The molecule has 0 aromatic heterocycles. The molecule has 0 spiro atoms. The van der Waals surface area contributed by atoms with Gasteiger partial charge in [-0.05, 0) is 29.7 Å². The minimum Gasteiger partial charge on any atom is -0.491 e. The van der Waals surface area contributed by atoms with E-state index < -0.39 is 0 Å². The van der Waals surface area contributed by atoms with E-state index >= 15 is 0 Å². The summed E-state index contributed by atoms with van der Waals surface area (Å²) in [4.78, 5) is 31.2. The Bertz CT molecular complexity index is 1060. The summed E-state index contributed by atoms with van der Waals surface area (Å²) in [6.45, 7) is 1.88. The van der Waals surface area contributed by atoms with Gasteiger partial charge in [0.15, 0.2) is 5.96 Å². The molecule has 2 aromatic rings. The first-order valence-corrected chi connectivity index (χ1v) is 11.3. The van der Waals surface area contributed by atoms with Crippen LogP contribution in [0.3, 0.4) is 0 Å². The second kappa shape index (κ2) is 8.65. The summed E-state index contributed by atoms with van der Waals surface area (Å²) >= 11 is 0. The third-order valence-electron chi connectivity index (χ3n) is 6.81. The van der Waals surface area contributed by atoms with E-state index in [2.05, 4.69) is 46.0 Å². The third-order valence-corrected chi connectivity index (χ3v) is 6.81. The number of carbonyl (C=O) groups excluding carboxylic acids is 2. The van der Waals surface area contributed by atoms with E-state index in [0.717, 1.165) is 22.9 Å². The molecule has 2 N–H and O–H groups in total. The standard InChI is InChI=1S/C25H28N4O3/c1-26-25(28-12-14-32-20-8-4-6-16-5-2-3-7-19(16)20)27-11-13-29-23(30)21-17-9-10-18(15-17)22(21)24(29)31/h2-10,17-18,21-22H,11-15H2,1H3,(H2,26,27,28). The van der Waals surface area contributed by atoms with Crippen molar-refractivity contribution in [1.82, 2.24) is 15.5 Å². The Kier molecular flexibility index (Phi) is 5.55. The van der Waals surface area contributed by atoms with Crippen molar-refractivity contribution in [3.8, 4) is 5.75 Å². The van der Waals surface area contributed by atoms with Crippen molar-refractivity contribution < 1.29 is 14.3 Å². The van der Waals surface area contributed by atoms with Crippen LogP contribution in [0, 0.1) is 23.7 Å². The third kappa shape index (κ3) is 3.61. The second-order valence-corrected chi connectivity index (χ2v) is 8.58. The number of nitrogens with one attached hydrogen (secondary N) is 2. The van der Waals surface area contributed by atoms with E-state index in [1.165, 1.54) is 4.90 Å². The number of fused-ring (bicyclic) bond motifs is 6. The molecule has 1 saturated heterocycles. The highest BCUT2D eigenvalue weighted by atomic mass is 16.5. The minimum atomic E-state index is -0.138. The fraction of sp³-hybridized carbons (Fsp3) is 0.400. The number of aliphatic imine (C=N–C) groups is 1. The molecule has 4 unspecified atom stereocenters. The molecule has 4 atom stereocenters. The Morgan fingerprint density at radius 2 is 1.69 bits per heavy atom. The minimum absolute atomic E-state index is 0.00918. The van der Waals surface area contributed by atoms with E-state index in [9.17, 15) is 9.59 Å². The van der Waals surface area contributed by atoms with Crippen molar-refractivity contribution in [3.63, 3.8) is 0 Å². The van der Waals surface area contributed by atoms with Gasteiger partial charge in [0.05, 0.1) is 18.4 Å². The monoisotopic (exact) mass is 432 g/mol. The second-order valence-electron chi connectivity index (χ2n) is 8.58. The van der Waals surface area contributed by atoms with E-state index in [1.54, 1.807) is 7.05 Å². The molecule has 5 rings (SSSR count). The average molecular weight is 433 g/mol. The molecule has 2 aromatic carbocycles. The summed E-state index contributed by atoms with van der Waals surface area (Å²) < 4.78 is 5.95. The lowest BCUT2D eigenvalue weighted by molar-refractivity contribution is -0.140. The lowest BCUT2D eigenvalue weighted by atomic mass is 9.85. The van der Waals surface area contributed by atoms with Crippen molar-refractivity contribution >= 4 is 28.5 Å². The molecular weight excluding hydrogens is 404 g/mol. The number of hydrogen-bond acceptors (Lipinski definition) is 4. The topological polar surface area (TPSA) is 83.0 Å². The quantitative estimate of drug-likeness (QED) is 0.230. The van der Waals surface area contributed by atoms with Crippen molar-refractivity contribution in [2.75, 3.05) is 33.3 Å². The molecule has 1 heterocycles. The summed E-state index contributed by atoms with van der Waals surface area (Å²) in [6.07, 6.45) is 5.19. The van der Waals surface area contributed by atoms with Gasteiger partial charge in [0.25, 0.3) is 0 Å². The molecular formula is C25H28N4O3. The molecule has 166 valence electrons. The van der Waals surface area contributed by atoms with Gasteiger partial charge >= 0.3 is 0 Å². The van der Waals surface area contributed by atoms with Crippen LogP contribution in [0.1, 0.15) is 6.42 Å². The molecule has 2 amide bonds. The number of rotatable bonds is 7. The predicted molar refractivity (Wildman–Crippen MR) is 123 cm³/mol. The zero-order valence-electron chi connectivity index (χ0n) is 18.2. The molecule has 7 heteroatoms. The first-order valence-electron chi connectivity index (χ1n) is 11.3. The van der Waals surface area contributed by atoms with Crippen LogP contribution in [0.2, 0.25) is 0 Å². The fourth-order valence-electron chi connectivity index (χ4n) is 5.34. The summed E-state index contributed by atoms with van der Waals surface area (Å²) in [6, 6.07) is 14.2. The lowest BCUT2D eigenvalue weighted by Crippen LogP contribution is -2.44. The Balaban J connectivity index is 1.07. The van der Waals surface area contributed by atoms with Gasteiger partial charge in [-0.2, -0.15) is 0 Å². The van der Waals surface area contributed by atoms with E-state index in [4.69, 9.17) is 4.74 Å². The summed E-state index contributed by atoms with van der Waals surface area (Å²) in [7, 11) is 1.70. The number of allylic oxidation sites excluding steroid dienone is 2. The van der Waals surface area contributed by atoms with Crippen LogP contribution < -0.4 is 15.4 Å². The maximum absolute atomic E-state index is 12.8. The molecule has 2 fully saturated rings. The van der Waals surface area contributed by atoms with Crippen molar-refractivity contribution in [3.05, 3.63) is 54.6 Å². The molecule has 1 saturated carbocycles. The normalized spacial score (nSPS) is 26.2. The largest absolute Gasteiger partial charge is 0.491 e. The van der Waals surface area contributed by atoms with E-state index in [-0.39, 0.29) is 35.5 Å². The first-order chi connectivity index (χ1) is 15.7. The van der Waals surface area contributed by atoms with Gasteiger partial charge in [0.2, 0.25) is 11.8 Å². The Morgan fingerprint density at radius 3 is 2.44 bits per heavy atom. The number of imide groups is 1. The van der Waals surface area contributed by atoms with Crippen LogP contribution in [0.5, 0.6) is 5.75 Å².